The Hall–Kier alpha value is -8.68. The summed E-state index contributed by atoms with van der Waals surface area (Å²) in [5.74, 6) is -8.96. The van der Waals surface area contributed by atoms with Gasteiger partial charge in [-0.3, -0.25) is 47.9 Å². The molecule has 0 unspecified atom stereocenters. The fraction of sp³-hybridized carbons (Fsp3) is 0.429. The van der Waals surface area contributed by atoms with Gasteiger partial charge in [0.1, 0.15) is 60.9 Å². The Labute approximate surface area is 468 Å². The fourth-order valence-corrected chi connectivity index (χ4v) is 8.74. The first kappa shape index (κ1) is 63.2. The number of aromatic nitrogens is 2. The lowest BCUT2D eigenvalue weighted by Crippen LogP contribution is -2.61. The van der Waals surface area contributed by atoms with Crippen LogP contribution in [0.1, 0.15) is 70.6 Å². The maximum absolute atomic E-state index is 14.9. The summed E-state index contributed by atoms with van der Waals surface area (Å²) in [7, 11) is 0. The fourth-order valence-electron chi connectivity index (χ4n) is 8.74. The smallest absolute Gasteiger partial charge is 0.322 e. The molecule has 9 amide bonds. The van der Waals surface area contributed by atoms with E-state index in [1.54, 1.807) is 68.7 Å². The van der Waals surface area contributed by atoms with Crippen LogP contribution in [0, 0.1) is 5.92 Å². The van der Waals surface area contributed by atoms with Gasteiger partial charge >= 0.3 is 5.97 Å². The monoisotopic (exact) mass is 1120 g/mol. The molecule has 0 saturated carbocycles. The molecule has 25 nitrogen and oxygen atoms in total. The normalized spacial score (nSPS) is 14.6. The van der Waals surface area contributed by atoms with E-state index in [4.69, 9.17) is 16.6 Å². The van der Waals surface area contributed by atoms with Crippen molar-refractivity contribution in [3.63, 3.8) is 0 Å². The van der Waals surface area contributed by atoms with Gasteiger partial charge in [-0.2, -0.15) is 0 Å². The van der Waals surface area contributed by atoms with Crippen molar-refractivity contribution in [2.45, 2.75) is 128 Å². The van der Waals surface area contributed by atoms with Gasteiger partial charge in [0.25, 0.3) is 0 Å². The molecule has 17 N–H and O–H groups in total. The van der Waals surface area contributed by atoms with Gasteiger partial charge in [-0.1, -0.05) is 80.6 Å². The van der Waals surface area contributed by atoms with Crippen LogP contribution in [0.3, 0.4) is 0 Å². The number of carboxylic acid groups (broad SMARTS) is 1. The van der Waals surface area contributed by atoms with Crippen LogP contribution >= 0.6 is 0 Å². The third-order valence-corrected chi connectivity index (χ3v) is 13.4. The van der Waals surface area contributed by atoms with E-state index in [9.17, 15) is 53.1 Å². The zero-order valence-electron chi connectivity index (χ0n) is 45.9. The number of aliphatic hydroxyl groups is 1. The Morgan fingerprint density at radius 1 is 0.494 bits per heavy atom. The molecule has 5 aromatic rings. The molecule has 9 atom stereocenters. The molecule has 436 valence electrons. The topological polar surface area (TPSA) is 403 Å². The van der Waals surface area contributed by atoms with Crippen molar-refractivity contribution in [1.29, 1.82) is 0 Å². The number of H-pyrrole nitrogens is 2. The zero-order valence-corrected chi connectivity index (χ0v) is 45.9. The zero-order chi connectivity index (χ0) is 59.3. The van der Waals surface area contributed by atoms with Crippen molar-refractivity contribution >= 4 is 80.9 Å². The lowest BCUT2D eigenvalue weighted by Gasteiger charge is -2.29. The van der Waals surface area contributed by atoms with E-state index < -0.39 is 133 Å². The summed E-state index contributed by atoms with van der Waals surface area (Å²) in [5, 5.41) is 43.2. The number of aliphatic carboxylic acids is 1. The second kappa shape index (κ2) is 30.6. The lowest BCUT2D eigenvalue weighted by atomic mass is 9.99. The Kier molecular flexibility index (Phi) is 23.9. The second-order valence-corrected chi connectivity index (χ2v) is 20.2. The first-order valence-corrected chi connectivity index (χ1v) is 26.7. The highest BCUT2D eigenvalue weighted by atomic mass is 16.4. The highest BCUT2D eigenvalue weighted by Crippen LogP contribution is 2.22. The van der Waals surface area contributed by atoms with Crippen LogP contribution in [-0.4, -0.2) is 153 Å². The van der Waals surface area contributed by atoms with Gasteiger partial charge in [0.15, 0.2) is 0 Å². The van der Waals surface area contributed by atoms with Crippen molar-refractivity contribution in [3.8, 4) is 0 Å². The van der Waals surface area contributed by atoms with Crippen LogP contribution in [0.5, 0.6) is 0 Å². The Morgan fingerprint density at radius 2 is 0.926 bits per heavy atom. The summed E-state index contributed by atoms with van der Waals surface area (Å²) in [6, 6.07) is 11.7. The molecule has 0 bridgehead atoms. The van der Waals surface area contributed by atoms with E-state index in [-0.39, 0.29) is 32.2 Å². The van der Waals surface area contributed by atoms with E-state index >= 15 is 0 Å². The number of carboxylic acids is 1. The number of para-hydroxylation sites is 2. The molecule has 2 aromatic heterocycles. The van der Waals surface area contributed by atoms with E-state index in [0.717, 1.165) is 21.8 Å². The molecular formula is C56H75N13O12. The van der Waals surface area contributed by atoms with E-state index in [0.29, 0.717) is 29.5 Å². The second-order valence-electron chi connectivity index (χ2n) is 20.2. The van der Waals surface area contributed by atoms with E-state index in [1.165, 1.54) is 20.8 Å². The number of rotatable bonds is 31. The van der Waals surface area contributed by atoms with Crippen molar-refractivity contribution in [2.75, 3.05) is 19.7 Å². The molecule has 2 heterocycles. The average molecular weight is 1120 g/mol. The number of aliphatic hydroxyl groups excluding tert-OH is 1. The highest BCUT2D eigenvalue weighted by Gasteiger charge is 2.36. The number of nitrogens with one attached hydrogen (secondary N) is 11. The minimum Gasteiger partial charge on any atom is -0.480 e. The maximum Gasteiger partial charge on any atom is 0.322 e. The number of aromatic amines is 2. The molecule has 0 aliphatic heterocycles. The molecule has 0 spiro atoms. The van der Waals surface area contributed by atoms with E-state index in [2.05, 4.69) is 57.8 Å². The van der Waals surface area contributed by atoms with Crippen LogP contribution < -0.4 is 59.3 Å². The lowest BCUT2D eigenvalue weighted by molar-refractivity contribution is -0.138. The van der Waals surface area contributed by atoms with Gasteiger partial charge in [-0.25, -0.2) is 0 Å². The van der Waals surface area contributed by atoms with E-state index in [1.807, 2.05) is 36.4 Å². The number of unbranched alkanes of at least 4 members (excludes halogenated alkanes) is 1. The number of hydrogen-bond acceptors (Lipinski definition) is 13. The number of carbonyl (C=O) groups excluding carboxylic acids is 9. The number of benzene rings is 3. The SMILES string of the molecule is CC(C)[C@H](NC(=O)[C@H](CCCCN)NC(=O)[C@H](Cc1ccccc1)NC(=O)[C@H](C)NC(=O)[C@@H](N)CO)C(=O)N[C@@H](Cc1c[nH]c2ccccc12)C(=O)N[C@@H](Cc1c[nH]c2ccccc12)C(=O)N[C@@H](C)C(=O)N[C@@H](C)C(=O)NCC(=O)O. The quantitative estimate of drug-likeness (QED) is 0.0235. The molecule has 0 fully saturated rings. The summed E-state index contributed by atoms with van der Waals surface area (Å²) >= 11 is 0. The summed E-state index contributed by atoms with van der Waals surface area (Å²) in [4.78, 5) is 142. The largest absolute Gasteiger partial charge is 0.480 e. The van der Waals surface area contributed by atoms with Gasteiger partial charge in [0, 0.05) is 53.5 Å². The van der Waals surface area contributed by atoms with Gasteiger partial charge < -0.3 is 79.5 Å². The maximum atomic E-state index is 14.9. The Balaban J connectivity index is 1.41. The highest BCUT2D eigenvalue weighted by molar-refractivity contribution is 5.99. The molecule has 0 aliphatic rings. The summed E-state index contributed by atoms with van der Waals surface area (Å²) in [6.45, 7) is 6.32. The molecule has 0 saturated heterocycles. The van der Waals surface area contributed by atoms with Crippen LogP contribution in [0.2, 0.25) is 0 Å². The standard InChI is InChI=1S/C56H75N13O12/c1-30(2)47(69-52(77)42(21-13-14-22-57)65-54(79)43(23-34-15-7-6-8-16-34)66-50(75)33(5)63-51(76)39(58)29-70)56(81)68-45(25-36-27-60-41-20-12-10-18-38(36)41)55(80)67-44(24-35-26-59-40-19-11-9-17-37(35)40)53(78)64-32(4)49(74)62-31(3)48(73)61-28-46(71)72/h6-12,15-20,26-27,30-33,39,42-45,47,59-60,70H,13-14,21-25,28-29,57-58H2,1-5H3,(H,61,73)(H,62,74)(H,63,76)(H,64,78)(H,65,79)(H,66,75)(H,67,80)(H,68,81)(H,69,77)(H,71,72)/t31-,32-,33-,39-,42-,43-,44-,45-,47-/m0/s1. The van der Waals surface area contributed by atoms with Crippen molar-refractivity contribution in [2.24, 2.45) is 17.4 Å². The first-order valence-electron chi connectivity index (χ1n) is 26.7. The van der Waals surface area contributed by atoms with Crippen LogP contribution in [0.15, 0.2) is 91.3 Å². The molecule has 0 aliphatic carbocycles. The number of carbonyl (C=O) groups is 10. The third kappa shape index (κ3) is 18.7. The molecule has 0 radical (unpaired) electrons. The van der Waals surface area contributed by atoms with Crippen molar-refractivity contribution < 1.29 is 58.2 Å². The average Bonchev–Trinajstić information content (AvgIpc) is 4.07. The molecule has 81 heavy (non-hydrogen) atoms. The molecule has 5 rings (SSSR count). The van der Waals surface area contributed by atoms with Crippen molar-refractivity contribution in [3.05, 3.63) is 108 Å². The summed E-state index contributed by atoms with van der Waals surface area (Å²) in [6.07, 6.45) is 4.00. The van der Waals surface area contributed by atoms with Crippen LogP contribution in [0.4, 0.5) is 0 Å². The van der Waals surface area contributed by atoms with Gasteiger partial charge in [0.2, 0.25) is 53.2 Å². The molecular weight excluding hydrogens is 1050 g/mol. The molecule has 3 aromatic carbocycles. The number of fused-ring (bicyclic) bond motifs is 2. The predicted molar refractivity (Wildman–Crippen MR) is 300 cm³/mol. The molecule has 25 heteroatoms. The van der Waals surface area contributed by atoms with Gasteiger partial charge in [-0.05, 0) is 81.3 Å². The Bertz CT molecular complexity index is 3000. The number of amides is 9. The third-order valence-electron chi connectivity index (χ3n) is 13.4. The summed E-state index contributed by atoms with van der Waals surface area (Å²) < 4.78 is 0. The van der Waals surface area contributed by atoms with Crippen LogP contribution in [-0.2, 0) is 67.2 Å². The van der Waals surface area contributed by atoms with Crippen LogP contribution in [0.25, 0.3) is 21.8 Å². The predicted octanol–water partition coefficient (Wildman–Crippen LogP) is -1.08. The number of nitrogens with two attached hydrogens (primary N) is 2. The first-order chi connectivity index (χ1) is 38.6. The number of hydrogen-bond donors (Lipinski definition) is 15. The summed E-state index contributed by atoms with van der Waals surface area (Å²) in [5.41, 5.74) is 14.8. The Morgan fingerprint density at radius 3 is 1.46 bits per heavy atom. The van der Waals surface area contributed by atoms with Gasteiger partial charge in [-0.15, -0.1) is 0 Å². The minimum absolute atomic E-state index is 0.0289. The van der Waals surface area contributed by atoms with Crippen molar-refractivity contribution in [1.82, 2.24) is 57.8 Å². The minimum atomic E-state index is -1.41. The van der Waals surface area contributed by atoms with Gasteiger partial charge in [0.05, 0.1) is 6.61 Å².